The van der Waals surface area contributed by atoms with E-state index in [1.54, 1.807) is 0 Å². The number of nitrogens with one attached hydrogen (secondary N) is 1. The molecule has 2 rings (SSSR count). The summed E-state index contributed by atoms with van der Waals surface area (Å²) in [5.74, 6) is 0. The van der Waals surface area contributed by atoms with Crippen molar-refractivity contribution in [3.8, 4) is 0 Å². The van der Waals surface area contributed by atoms with Crippen LogP contribution in [0.2, 0.25) is 0 Å². The molecule has 1 aromatic carbocycles. The fourth-order valence-corrected chi connectivity index (χ4v) is 2.40. The minimum absolute atomic E-state index is 1.04. The van der Waals surface area contributed by atoms with Gasteiger partial charge in [0.15, 0.2) is 0 Å². The summed E-state index contributed by atoms with van der Waals surface area (Å²) < 4.78 is 0. The number of fused-ring (bicyclic) bond motifs is 1. The second-order valence-corrected chi connectivity index (χ2v) is 4.77. The van der Waals surface area contributed by atoms with Gasteiger partial charge in [0.1, 0.15) is 0 Å². The highest BCUT2D eigenvalue weighted by Crippen LogP contribution is 2.16. The van der Waals surface area contributed by atoms with E-state index < -0.39 is 0 Å². The number of benzene rings is 1. The molecule has 0 saturated heterocycles. The van der Waals surface area contributed by atoms with Gasteiger partial charge in [-0.3, -0.25) is 0 Å². The van der Waals surface area contributed by atoms with Gasteiger partial charge in [-0.1, -0.05) is 25.1 Å². The van der Waals surface area contributed by atoms with Gasteiger partial charge in [0, 0.05) is 13.1 Å². The summed E-state index contributed by atoms with van der Waals surface area (Å²) in [5.41, 5.74) is 4.47. The first-order chi connectivity index (χ1) is 7.79. The van der Waals surface area contributed by atoms with Crippen LogP contribution >= 0.6 is 0 Å². The molecule has 88 valence electrons. The SMILES string of the molecule is CCCN(C)Cc1ccc2c(c1)CNCC2. The maximum absolute atomic E-state index is 3.43. The number of nitrogens with zero attached hydrogens (tertiary/aromatic N) is 1. The number of hydrogen-bond acceptors (Lipinski definition) is 2. The van der Waals surface area contributed by atoms with E-state index in [1.807, 2.05) is 0 Å². The normalized spacial score (nSPS) is 15.2. The molecule has 2 nitrogen and oxygen atoms in total. The van der Waals surface area contributed by atoms with Gasteiger partial charge >= 0.3 is 0 Å². The monoisotopic (exact) mass is 218 g/mol. The molecule has 0 spiro atoms. The third kappa shape index (κ3) is 2.83. The van der Waals surface area contributed by atoms with Crippen LogP contribution in [-0.2, 0) is 19.5 Å². The first-order valence-corrected chi connectivity index (χ1v) is 6.29. The van der Waals surface area contributed by atoms with Crippen LogP contribution < -0.4 is 5.32 Å². The molecule has 0 aromatic heterocycles. The van der Waals surface area contributed by atoms with Crippen molar-refractivity contribution in [1.29, 1.82) is 0 Å². The second kappa shape index (κ2) is 5.46. The van der Waals surface area contributed by atoms with Crippen LogP contribution in [-0.4, -0.2) is 25.0 Å². The molecule has 0 fully saturated rings. The van der Waals surface area contributed by atoms with Crippen LogP contribution in [0.5, 0.6) is 0 Å². The Balaban J connectivity index is 2.05. The van der Waals surface area contributed by atoms with Gasteiger partial charge in [-0.05, 0) is 49.7 Å². The molecule has 0 unspecified atom stereocenters. The van der Waals surface area contributed by atoms with Crippen LogP contribution in [0.4, 0.5) is 0 Å². The Morgan fingerprint density at radius 1 is 1.31 bits per heavy atom. The Kier molecular flexibility index (Phi) is 3.97. The number of hydrogen-bond donors (Lipinski definition) is 1. The Morgan fingerprint density at radius 2 is 2.19 bits per heavy atom. The first-order valence-electron chi connectivity index (χ1n) is 6.29. The summed E-state index contributed by atoms with van der Waals surface area (Å²) in [7, 11) is 2.20. The van der Waals surface area contributed by atoms with E-state index in [2.05, 4.69) is 42.4 Å². The zero-order valence-corrected chi connectivity index (χ0v) is 10.4. The minimum atomic E-state index is 1.04. The van der Waals surface area contributed by atoms with E-state index in [1.165, 1.54) is 36.1 Å². The fraction of sp³-hybridized carbons (Fsp3) is 0.571. The van der Waals surface area contributed by atoms with Crippen molar-refractivity contribution >= 4 is 0 Å². The highest BCUT2D eigenvalue weighted by Gasteiger charge is 2.09. The van der Waals surface area contributed by atoms with E-state index >= 15 is 0 Å². The summed E-state index contributed by atoms with van der Waals surface area (Å²) in [5, 5.41) is 3.43. The van der Waals surface area contributed by atoms with Crippen molar-refractivity contribution in [1.82, 2.24) is 10.2 Å². The predicted molar refractivity (Wildman–Crippen MR) is 68.5 cm³/mol. The van der Waals surface area contributed by atoms with E-state index in [0.717, 1.165) is 19.6 Å². The first kappa shape index (κ1) is 11.6. The number of rotatable bonds is 4. The predicted octanol–water partition coefficient (Wildman–Crippen LogP) is 2.17. The average molecular weight is 218 g/mol. The van der Waals surface area contributed by atoms with E-state index in [9.17, 15) is 0 Å². The molecule has 0 radical (unpaired) electrons. The molecule has 1 aliphatic heterocycles. The van der Waals surface area contributed by atoms with Crippen molar-refractivity contribution in [3.63, 3.8) is 0 Å². The van der Waals surface area contributed by atoms with Crippen molar-refractivity contribution in [2.45, 2.75) is 32.9 Å². The molecule has 1 N–H and O–H groups in total. The molecule has 1 aliphatic rings. The van der Waals surface area contributed by atoms with Crippen molar-refractivity contribution < 1.29 is 0 Å². The third-order valence-electron chi connectivity index (χ3n) is 3.22. The third-order valence-corrected chi connectivity index (χ3v) is 3.22. The summed E-state index contributed by atoms with van der Waals surface area (Å²) in [6, 6.07) is 6.97. The van der Waals surface area contributed by atoms with Gasteiger partial charge in [0.2, 0.25) is 0 Å². The Hall–Kier alpha value is -0.860. The second-order valence-electron chi connectivity index (χ2n) is 4.77. The molecule has 2 heteroatoms. The maximum atomic E-state index is 3.43. The Morgan fingerprint density at radius 3 is 3.00 bits per heavy atom. The molecule has 16 heavy (non-hydrogen) atoms. The summed E-state index contributed by atoms with van der Waals surface area (Å²) in [4.78, 5) is 2.39. The summed E-state index contributed by atoms with van der Waals surface area (Å²) >= 11 is 0. The van der Waals surface area contributed by atoms with Crippen molar-refractivity contribution in [3.05, 3.63) is 34.9 Å². The van der Waals surface area contributed by atoms with Crippen molar-refractivity contribution in [2.75, 3.05) is 20.1 Å². The zero-order valence-electron chi connectivity index (χ0n) is 10.4. The van der Waals surface area contributed by atoms with Crippen LogP contribution in [0, 0.1) is 0 Å². The smallest absolute Gasteiger partial charge is 0.0230 e. The topological polar surface area (TPSA) is 15.3 Å². The zero-order chi connectivity index (χ0) is 11.4. The van der Waals surface area contributed by atoms with Crippen molar-refractivity contribution in [2.24, 2.45) is 0 Å². The maximum Gasteiger partial charge on any atom is 0.0230 e. The largest absolute Gasteiger partial charge is 0.312 e. The van der Waals surface area contributed by atoms with Gasteiger partial charge < -0.3 is 10.2 Å². The van der Waals surface area contributed by atoms with Gasteiger partial charge in [0.25, 0.3) is 0 Å². The highest BCUT2D eigenvalue weighted by atomic mass is 15.1. The van der Waals surface area contributed by atoms with Crippen LogP contribution in [0.25, 0.3) is 0 Å². The Bertz CT molecular complexity index is 347. The van der Waals surface area contributed by atoms with E-state index in [-0.39, 0.29) is 0 Å². The lowest BCUT2D eigenvalue weighted by Gasteiger charge is -2.20. The van der Waals surface area contributed by atoms with E-state index in [4.69, 9.17) is 0 Å². The highest BCUT2D eigenvalue weighted by molar-refractivity contribution is 5.33. The average Bonchev–Trinajstić information content (AvgIpc) is 2.29. The standard InChI is InChI=1S/C14H22N2/c1-3-8-16(2)11-12-4-5-13-6-7-15-10-14(13)9-12/h4-5,9,15H,3,6-8,10-11H2,1-2H3. The van der Waals surface area contributed by atoms with Gasteiger partial charge in [-0.15, -0.1) is 0 Å². The van der Waals surface area contributed by atoms with Crippen LogP contribution in [0.1, 0.15) is 30.0 Å². The lowest BCUT2D eigenvalue weighted by Crippen LogP contribution is -2.24. The Labute approximate surface area is 98.7 Å². The molecule has 1 aromatic rings. The van der Waals surface area contributed by atoms with E-state index in [0.29, 0.717) is 0 Å². The molecule has 1 heterocycles. The molecule has 0 atom stereocenters. The lowest BCUT2D eigenvalue weighted by atomic mass is 9.98. The molecular weight excluding hydrogens is 196 g/mol. The fourth-order valence-electron chi connectivity index (χ4n) is 2.40. The van der Waals surface area contributed by atoms with Crippen LogP contribution in [0.3, 0.4) is 0 Å². The van der Waals surface area contributed by atoms with Gasteiger partial charge in [-0.2, -0.15) is 0 Å². The summed E-state index contributed by atoms with van der Waals surface area (Å²) in [6.07, 6.45) is 2.41. The molecule has 0 saturated carbocycles. The summed E-state index contributed by atoms with van der Waals surface area (Å²) in [6.45, 7) is 6.65. The van der Waals surface area contributed by atoms with Crippen LogP contribution in [0.15, 0.2) is 18.2 Å². The minimum Gasteiger partial charge on any atom is -0.312 e. The quantitative estimate of drug-likeness (QED) is 0.833. The van der Waals surface area contributed by atoms with Gasteiger partial charge in [0.05, 0.1) is 0 Å². The van der Waals surface area contributed by atoms with Gasteiger partial charge in [-0.25, -0.2) is 0 Å². The molecular formula is C14H22N2. The molecule has 0 bridgehead atoms. The molecule has 0 aliphatic carbocycles. The lowest BCUT2D eigenvalue weighted by molar-refractivity contribution is 0.327. The molecule has 0 amide bonds.